The second-order valence-corrected chi connectivity index (χ2v) is 7.78. The van der Waals surface area contributed by atoms with Gasteiger partial charge in [0.05, 0.1) is 11.5 Å². The second kappa shape index (κ2) is 9.51. The third-order valence-electron chi connectivity index (χ3n) is 5.53. The maximum atomic E-state index is 12.8. The summed E-state index contributed by atoms with van der Waals surface area (Å²) in [5, 5.41) is 20.6. The van der Waals surface area contributed by atoms with Crippen molar-refractivity contribution < 1.29 is 19.0 Å². The van der Waals surface area contributed by atoms with Crippen LogP contribution in [0.1, 0.15) is 32.9 Å². The number of fused-ring (bicyclic) bond motifs is 1. The molecule has 0 radical (unpaired) electrons. The Morgan fingerprint density at radius 1 is 1.21 bits per heavy atom. The summed E-state index contributed by atoms with van der Waals surface area (Å²) in [5.41, 5.74) is 2.62. The zero-order chi connectivity index (χ0) is 23.4. The normalized spacial score (nSPS) is 12.7. The predicted octanol–water partition coefficient (Wildman–Crippen LogP) is 3.45. The summed E-state index contributed by atoms with van der Waals surface area (Å²) in [5.74, 6) is 0.227. The summed E-state index contributed by atoms with van der Waals surface area (Å²) in [7, 11) is 0. The van der Waals surface area contributed by atoms with Gasteiger partial charge >= 0.3 is 6.03 Å². The lowest BCUT2D eigenvalue weighted by atomic mass is 10.1. The molecule has 0 atom stereocenters. The molecule has 0 fully saturated rings. The highest BCUT2D eigenvalue weighted by molar-refractivity contribution is 5.94. The molecule has 2 aromatic carbocycles. The number of hydrogen-bond acceptors (Lipinski definition) is 6. The molecular formula is C23H23N5O5. The van der Waals surface area contributed by atoms with E-state index in [2.05, 4.69) is 15.8 Å². The molecule has 0 bridgehead atoms. The molecule has 170 valence electrons. The van der Waals surface area contributed by atoms with E-state index in [0.717, 1.165) is 5.56 Å². The van der Waals surface area contributed by atoms with Gasteiger partial charge in [-0.25, -0.2) is 4.79 Å². The first-order valence-electron chi connectivity index (χ1n) is 10.5. The van der Waals surface area contributed by atoms with E-state index < -0.39 is 11.0 Å². The minimum absolute atomic E-state index is 0.0674. The first-order chi connectivity index (χ1) is 15.9. The Labute approximate surface area is 189 Å². The number of amides is 3. The summed E-state index contributed by atoms with van der Waals surface area (Å²) in [4.78, 5) is 37.6. The maximum Gasteiger partial charge on any atom is 0.322 e. The van der Waals surface area contributed by atoms with Gasteiger partial charge in [0.25, 0.3) is 11.6 Å². The van der Waals surface area contributed by atoms with E-state index in [1.807, 2.05) is 30.3 Å². The molecule has 1 aliphatic heterocycles. The number of nitro groups is 1. The quantitative estimate of drug-likeness (QED) is 0.438. The van der Waals surface area contributed by atoms with E-state index >= 15 is 0 Å². The average Bonchev–Trinajstić information content (AvgIpc) is 3.24. The summed E-state index contributed by atoms with van der Waals surface area (Å²) in [6.07, 6.45) is 1.10. The number of carbonyl (C=O) groups is 2. The van der Waals surface area contributed by atoms with Gasteiger partial charge in [0.1, 0.15) is 5.76 Å². The molecule has 1 aliphatic rings. The Morgan fingerprint density at radius 3 is 2.76 bits per heavy atom. The molecule has 2 heterocycles. The van der Waals surface area contributed by atoms with Gasteiger partial charge in [-0.05, 0) is 25.0 Å². The van der Waals surface area contributed by atoms with Crippen LogP contribution in [-0.2, 0) is 19.4 Å². The Bertz CT molecular complexity index is 1190. The number of carbonyl (C=O) groups excluding carboxylic acids is 2. The summed E-state index contributed by atoms with van der Waals surface area (Å²) >= 11 is 0. The zero-order valence-corrected chi connectivity index (χ0v) is 18.0. The van der Waals surface area contributed by atoms with Crippen LogP contribution in [-0.4, -0.2) is 40.0 Å². The van der Waals surface area contributed by atoms with Gasteiger partial charge < -0.3 is 20.1 Å². The van der Waals surface area contributed by atoms with Gasteiger partial charge in [-0.1, -0.05) is 41.6 Å². The number of nitro benzene ring substituents is 1. The van der Waals surface area contributed by atoms with Gasteiger partial charge in [0.2, 0.25) is 0 Å². The zero-order valence-electron chi connectivity index (χ0n) is 18.0. The minimum Gasteiger partial charge on any atom is -0.360 e. The van der Waals surface area contributed by atoms with Crippen LogP contribution in [0.2, 0.25) is 0 Å². The first kappa shape index (κ1) is 22.0. The lowest BCUT2D eigenvalue weighted by molar-refractivity contribution is -0.385. The molecule has 0 spiro atoms. The van der Waals surface area contributed by atoms with Crippen LogP contribution in [0.15, 0.2) is 53.1 Å². The van der Waals surface area contributed by atoms with Crippen molar-refractivity contribution in [1.29, 1.82) is 0 Å². The number of aryl methyl sites for hydroxylation is 1. The van der Waals surface area contributed by atoms with Crippen LogP contribution in [0.5, 0.6) is 0 Å². The first-order valence-corrected chi connectivity index (χ1v) is 10.5. The summed E-state index contributed by atoms with van der Waals surface area (Å²) < 4.78 is 5.33. The van der Waals surface area contributed by atoms with Crippen LogP contribution in [0.3, 0.4) is 0 Å². The standard InChI is InChI=1S/C23H23N5O5/c1-15-7-8-17(13-19(15)28(31)32)25-23(30)27-12-10-20-18(14-27)21(26-33-20)22(29)24-11-9-16-5-3-2-4-6-16/h2-8,13H,9-12,14H2,1H3,(H,24,29)(H,25,30). The van der Waals surface area contributed by atoms with E-state index in [9.17, 15) is 19.7 Å². The minimum atomic E-state index is -0.488. The van der Waals surface area contributed by atoms with Crippen molar-refractivity contribution in [1.82, 2.24) is 15.4 Å². The van der Waals surface area contributed by atoms with Crippen LogP contribution < -0.4 is 10.6 Å². The Balaban J connectivity index is 1.39. The number of anilines is 1. The van der Waals surface area contributed by atoms with Gasteiger partial charge in [-0.2, -0.15) is 0 Å². The fourth-order valence-corrected chi connectivity index (χ4v) is 3.70. The molecule has 10 nitrogen and oxygen atoms in total. The van der Waals surface area contributed by atoms with Crippen LogP contribution >= 0.6 is 0 Å². The van der Waals surface area contributed by atoms with E-state index in [1.54, 1.807) is 19.1 Å². The van der Waals surface area contributed by atoms with E-state index in [-0.39, 0.29) is 23.8 Å². The molecule has 0 saturated heterocycles. The molecular weight excluding hydrogens is 426 g/mol. The monoisotopic (exact) mass is 449 g/mol. The van der Waals surface area contributed by atoms with Gasteiger partial charge in [-0.3, -0.25) is 14.9 Å². The van der Waals surface area contributed by atoms with Crippen LogP contribution in [0.25, 0.3) is 0 Å². The molecule has 10 heteroatoms. The Hall–Kier alpha value is -4.21. The van der Waals surface area contributed by atoms with Crippen molar-refractivity contribution in [3.8, 4) is 0 Å². The molecule has 1 aromatic heterocycles. The van der Waals surface area contributed by atoms with Crippen molar-refractivity contribution in [3.05, 3.63) is 86.8 Å². The van der Waals surface area contributed by atoms with Gasteiger partial charge in [-0.15, -0.1) is 0 Å². The van der Waals surface area contributed by atoms with E-state index in [4.69, 9.17) is 4.52 Å². The molecule has 4 rings (SSSR count). The number of urea groups is 1. The second-order valence-electron chi connectivity index (χ2n) is 7.78. The SMILES string of the molecule is Cc1ccc(NC(=O)N2CCc3onc(C(=O)NCCc4ccccc4)c3C2)cc1[N+](=O)[O-]. The van der Waals surface area contributed by atoms with Crippen LogP contribution in [0.4, 0.5) is 16.2 Å². The summed E-state index contributed by atoms with van der Waals surface area (Å²) in [6, 6.07) is 13.9. The van der Waals surface area contributed by atoms with Crippen molar-refractivity contribution in [3.63, 3.8) is 0 Å². The number of nitrogens with zero attached hydrogens (tertiary/aromatic N) is 3. The molecule has 0 unspecified atom stereocenters. The number of aromatic nitrogens is 1. The molecule has 33 heavy (non-hydrogen) atoms. The van der Waals surface area contributed by atoms with E-state index in [0.29, 0.717) is 48.5 Å². The highest BCUT2D eigenvalue weighted by Crippen LogP contribution is 2.25. The van der Waals surface area contributed by atoms with Crippen molar-refractivity contribution in [2.24, 2.45) is 0 Å². The van der Waals surface area contributed by atoms with Crippen molar-refractivity contribution >= 4 is 23.3 Å². The highest BCUT2D eigenvalue weighted by atomic mass is 16.6. The number of hydrogen-bond donors (Lipinski definition) is 2. The molecule has 2 N–H and O–H groups in total. The Kier molecular flexibility index (Phi) is 6.34. The molecule has 0 saturated carbocycles. The van der Waals surface area contributed by atoms with Crippen LogP contribution in [0, 0.1) is 17.0 Å². The van der Waals surface area contributed by atoms with Gasteiger partial charge in [0, 0.05) is 42.4 Å². The number of nitrogens with one attached hydrogen (secondary N) is 2. The molecule has 0 aliphatic carbocycles. The third-order valence-corrected chi connectivity index (χ3v) is 5.53. The maximum absolute atomic E-state index is 12.8. The number of rotatable bonds is 6. The lowest BCUT2D eigenvalue weighted by Crippen LogP contribution is -2.39. The smallest absolute Gasteiger partial charge is 0.322 e. The third kappa shape index (κ3) is 5.00. The van der Waals surface area contributed by atoms with Crippen molar-refractivity contribution in [2.45, 2.75) is 26.3 Å². The fourth-order valence-electron chi connectivity index (χ4n) is 3.70. The predicted molar refractivity (Wildman–Crippen MR) is 120 cm³/mol. The van der Waals surface area contributed by atoms with Gasteiger partial charge in [0.15, 0.2) is 5.69 Å². The molecule has 3 aromatic rings. The fraction of sp³-hybridized carbons (Fsp3) is 0.261. The lowest BCUT2D eigenvalue weighted by Gasteiger charge is -2.26. The average molecular weight is 449 g/mol. The largest absolute Gasteiger partial charge is 0.360 e. The highest BCUT2D eigenvalue weighted by Gasteiger charge is 2.30. The Morgan fingerprint density at radius 2 is 2.00 bits per heavy atom. The van der Waals surface area contributed by atoms with Crippen molar-refractivity contribution in [2.75, 3.05) is 18.4 Å². The summed E-state index contributed by atoms with van der Waals surface area (Å²) in [6.45, 7) is 2.60. The van der Waals surface area contributed by atoms with E-state index in [1.165, 1.54) is 11.0 Å². The topological polar surface area (TPSA) is 131 Å². The number of benzene rings is 2. The molecule has 3 amide bonds.